The van der Waals surface area contributed by atoms with Crippen molar-refractivity contribution in [1.29, 1.82) is 0 Å². The van der Waals surface area contributed by atoms with Crippen LogP contribution in [0.5, 0.6) is 0 Å². The van der Waals surface area contributed by atoms with Gasteiger partial charge < -0.3 is 0 Å². The summed E-state index contributed by atoms with van der Waals surface area (Å²) in [7, 11) is 0. The number of carbonyl (C=O) groups excluding carboxylic acids is 1. The van der Waals surface area contributed by atoms with Crippen molar-refractivity contribution >= 4 is 5.78 Å². The van der Waals surface area contributed by atoms with Crippen LogP contribution in [0.2, 0.25) is 0 Å². The first-order chi connectivity index (χ1) is 9.34. The zero-order valence-corrected chi connectivity index (χ0v) is 13.1. The molecule has 110 valence electrons. The minimum absolute atomic E-state index is 0.112. The van der Waals surface area contributed by atoms with Crippen LogP contribution in [-0.4, -0.2) is 35.3 Å². The topological polar surface area (TPSA) is 33.2 Å². The van der Waals surface area contributed by atoms with Gasteiger partial charge in [-0.25, -0.2) is 0 Å². The van der Waals surface area contributed by atoms with Crippen LogP contribution in [0.4, 0.5) is 0 Å². The molecule has 3 nitrogen and oxygen atoms in total. The Morgan fingerprint density at radius 3 is 2.65 bits per heavy atom. The smallest absolute Gasteiger partial charge is 0.152 e. The van der Waals surface area contributed by atoms with E-state index in [9.17, 15) is 4.79 Å². The normalized spacial score (nSPS) is 20.3. The molecule has 0 bridgehead atoms. The Hall–Kier alpha value is -1.22. The fraction of sp³-hybridized carbons (Fsp3) is 0.647. The summed E-state index contributed by atoms with van der Waals surface area (Å²) in [6.45, 7) is 11.5. The van der Waals surface area contributed by atoms with Gasteiger partial charge in [0.15, 0.2) is 5.78 Å². The molecule has 3 heteroatoms. The Morgan fingerprint density at radius 2 is 2.15 bits per heavy atom. The van der Waals surface area contributed by atoms with Gasteiger partial charge in [-0.1, -0.05) is 33.8 Å². The van der Waals surface area contributed by atoms with Crippen molar-refractivity contribution in [3.63, 3.8) is 0 Å². The van der Waals surface area contributed by atoms with Crippen LogP contribution >= 0.6 is 0 Å². The van der Waals surface area contributed by atoms with Crippen molar-refractivity contribution in [3.8, 4) is 0 Å². The summed E-state index contributed by atoms with van der Waals surface area (Å²) in [5.41, 5.74) is 2.21. The zero-order valence-electron chi connectivity index (χ0n) is 13.1. The van der Waals surface area contributed by atoms with E-state index in [2.05, 4.69) is 43.6 Å². The number of rotatable bonds is 4. The maximum atomic E-state index is 12.1. The van der Waals surface area contributed by atoms with E-state index >= 15 is 0 Å². The molecule has 1 saturated heterocycles. The number of carbonyl (C=O) groups is 1. The Balaban J connectivity index is 1.88. The van der Waals surface area contributed by atoms with Gasteiger partial charge in [0.1, 0.15) is 0 Å². The molecule has 1 aliphatic heterocycles. The van der Waals surface area contributed by atoms with Crippen molar-refractivity contribution in [3.05, 3.63) is 29.6 Å². The summed E-state index contributed by atoms with van der Waals surface area (Å²) in [6.07, 6.45) is 3.57. The SMILES string of the molecule is C[C@H]1CCN(CC(=O)Cc2ccc(C(C)(C)C)cn2)C1. The predicted octanol–water partition coefficient (Wildman–Crippen LogP) is 2.83. The molecule has 1 fully saturated rings. The molecular formula is C17H26N2O. The second kappa shape index (κ2) is 6.04. The number of ketones is 1. The van der Waals surface area contributed by atoms with E-state index in [4.69, 9.17) is 0 Å². The molecule has 20 heavy (non-hydrogen) atoms. The molecule has 2 rings (SSSR count). The third kappa shape index (κ3) is 4.14. The average molecular weight is 274 g/mol. The average Bonchev–Trinajstić information content (AvgIpc) is 2.74. The Kier molecular flexibility index (Phi) is 4.59. The highest BCUT2D eigenvalue weighted by molar-refractivity contribution is 5.82. The van der Waals surface area contributed by atoms with Crippen LogP contribution < -0.4 is 0 Å². The summed E-state index contributed by atoms with van der Waals surface area (Å²) in [5, 5.41) is 0. The summed E-state index contributed by atoms with van der Waals surface area (Å²) >= 11 is 0. The van der Waals surface area contributed by atoms with Crippen molar-refractivity contribution in [2.24, 2.45) is 5.92 Å². The van der Waals surface area contributed by atoms with E-state index in [-0.39, 0.29) is 11.2 Å². The van der Waals surface area contributed by atoms with Gasteiger partial charge >= 0.3 is 0 Å². The van der Waals surface area contributed by atoms with Crippen molar-refractivity contribution in [2.75, 3.05) is 19.6 Å². The molecule has 1 atom stereocenters. The third-order valence-electron chi connectivity index (χ3n) is 3.98. The van der Waals surface area contributed by atoms with E-state index in [0.717, 1.165) is 24.7 Å². The zero-order chi connectivity index (χ0) is 14.8. The molecule has 0 aliphatic carbocycles. The molecule has 0 saturated carbocycles. The molecule has 0 unspecified atom stereocenters. The van der Waals surface area contributed by atoms with E-state index in [1.54, 1.807) is 0 Å². The quantitative estimate of drug-likeness (QED) is 0.846. The van der Waals surface area contributed by atoms with Gasteiger partial charge in [0.05, 0.1) is 13.0 Å². The van der Waals surface area contributed by atoms with Gasteiger partial charge in [-0.15, -0.1) is 0 Å². The lowest BCUT2D eigenvalue weighted by molar-refractivity contribution is -0.119. The fourth-order valence-electron chi connectivity index (χ4n) is 2.65. The van der Waals surface area contributed by atoms with Crippen molar-refractivity contribution < 1.29 is 4.79 Å². The Labute approximate surface area is 122 Å². The number of hydrogen-bond donors (Lipinski definition) is 0. The predicted molar refractivity (Wildman–Crippen MR) is 81.9 cm³/mol. The molecule has 0 aromatic carbocycles. The van der Waals surface area contributed by atoms with Crippen LogP contribution in [0.25, 0.3) is 0 Å². The van der Waals surface area contributed by atoms with E-state index in [1.165, 1.54) is 12.0 Å². The van der Waals surface area contributed by atoms with Gasteiger partial charge in [-0.3, -0.25) is 14.7 Å². The summed E-state index contributed by atoms with van der Waals surface area (Å²) in [4.78, 5) is 18.8. The van der Waals surface area contributed by atoms with Gasteiger partial charge in [0.2, 0.25) is 0 Å². The monoisotopic (exact) mass is 274 g/mol. The second-order valence-corrected chi connectivity index (χ2v) is 7.13. The highest BCUT2D eigenvalue weighted by atomic mass is 16.1. The molecule has 1 aliphatic rings. The maximum absolute atomic E-state index is 12.1. The summed E-state index contributed by atoms with van der Waals surface area (Å²) < 4.78 is 0. The number of nitrogens with zero attached hydrogens (tertiary/aromatic N) is 2. The van der Waals surface area contributed by atoms with Crippen molar-refractivity contribution in [2.45, 2.75) is 46.0 Å². The molecule has 0 N–H and O–H groups in total. The van der Waals surface area contributed by atoms with Gasteiger partial charge in [0, 0.05) is 18.4 Å². The van der Waals surface area contributed by atoms with Crippen LogP contribution in [0.1, 0.15) is 45.4 Å². The highest BCUT2D eigenvalue weighted by Gasteiger charge is 2.21. The largest absolute Gasteiger partial charge is 0.298 e. The lowest BCUT2D eigenvalue weighted by atomic mass is 9.88. The van der Waals surface area contributed by atoms with Crippen LogP contribution in [-0.2, 0) is 16.6 Å². The molecule has 2 heterocycles. The Morgan fingerprint density at radius 1 is 1.40 bits per heavy atom. The minimum Gasteiger partial charge on any atom is -0.298 e. The van der Waals surface area contributed by atoms with Crippen LogP contribution in [0.3, 0.4) is 0 Å². The molecule has 1 aromatic heterocycles. The van der Waals surface area contributed by atoms with E-state index in [0.29, 0.717) is 13.0 Å². The number of Topliss-reactive ketones (excluding diaryl/α,β-unsaturated/α-hetero) is 1. The first-order valence-electron chi connectivity index (χ1n) is 7.54. The lowest BCUT2D eigenvalue weighted by Crippen LogP contribution is -2.28. The second-order valence-electron chi connectivity index (χ2n) is 7.13. The van der Waals surface area contributed by atoms with Crippen LogP contribution in [0.15, 0.2) is 18.3 Å². The minimum atomic E-state index is 0.112. The van der Waals surface area contributed by atoms with E-state index in [1.807, 2.05) is 12.3 Å². The van der Waals surface area contributed by atoms with Crippen molar-refractivity contribution in [1.82, 2.24) is 9.88 Å². The van der Waals surface area contributed by atoms with Gasteiger partial charge in [0.25, 0.3) is 0 Å². The number of pyridine rings is 1. The number of likely N-dealkylation sites (tertiary alicyclic amines) is 1. The highest BCUT2D eigenvalue weighted by Crippen LogP contribution is 2.21. The molecule has 0 spiro atoms. The summed E-state index contributed by atoms with van der Waals surface area (Å²) in [6, 6.07) is 4.08. The molecule has 0 amide bonds. The molecule has 0 radical (unpaired) electrons. The first kappa shape index (κ1) is 15.2. The van der Waals surface area contributed by atoms with Gasteiger partial charge in [-0.05, 0) is 35.9 Å². The number of hydrogen-bond acceptors (Lipinski definition) is 3. The molecular weight excluding hydrogens is 248 g/mol. The van der Waals surface area contributed by atoms with E-state index < -0.39 is 0 Å². The summed E-state index contributed by atoms with van der Waals surface area (Å²) in [5.74, 6) is 1.00. The Bertz CT molecular complexity index is 459. The molecule has 1 aromatic rings. The standard InChI is InChI=1S/C17H26N2O/c1-13-7-8-19(11-13)12-16(20)9-15-6-5-14(10-18-15)17(2,3)4/h5-6,10,13H,7-9,11-12H2,1-4H3/t13-/m0/s1. The number of aromatic nitrogens is 1. The fourth-order valence-corrected chi connectivity index (χ4v) is 2.65. The van der Waals surface area contributed by atoms with Crippen LogP contribution in [0, 0.1) is 5.92 Å². The lowest BCUT2D eigenvalue weighted by Gasteiger charge is -2.18. The maximum Gasteiger partial charge on any atom is 0.152 e. The van der Waals surface area contributed by atoms with Gasteiger partial charge in [-0.2, -0.15) is 0 Å². The first-order valence-corrected chi connectivity index (χ1v) is 7.54. The third-order valence-corrected chi connectivity index (χ3v) is 3.98.